The first-order valence-corrected chi connectivity index (χ1v) is 10.0. The number of ether oxygens (including phenoxy) is 1. The minimum atomic E-state index is -0.715. The molecule has 0 bridgehead atoms. The van der Waals surface area contributed by atoms with E-state index in [9.17, 15) is 9.59 Å². The summed E-state index contributed by atoms with van der Waals surface area (Å²) in [6.45, 7) is 1.82. The fraction of sp³-hybridized carbons (Fsp3) is 0.125. The van der Waals surface area contributed by atoms with Gasteiger partial charge in [-0.1, -0.05) is 29.8 Å². The molecule has 7 heteroatoms. The maximum absolute atomic E-state index is 13.6. The second-order valence-corrected chi connectivity index (χ2v) is 7.72. The normalized spacial score (nSPS) is 15.4. The Balaban J connectivity index is 1.83. The highest BCUT2D eigenvalue weighted by atomic mass is 35.5. The zero-order valence-corrected chi connectivity index (χ0v) is 17.5. The minimum absolute atomic E-state index is 0.0118. The van der Waals surface area contributed by atoms with E-state index in [1.807, 2.05) is 19.1 Å². The molecule has 154 valence electrons. The summed E-state index contributed by atoms with van der Waals surface area (Å²) < 4.78 is 11.3. The van der Waals surface area contributed by atoms with E-state index < -0.39 is 11.9 Å². The number of hydrogen-bond acceptors (Lipinski definition) is 5. The van der Waals surface area contributed by atoms with Crippen molar-refractivity contribution in [3.05, 3.63) is 98.5 Å². The molecule has 0 saturated heterocycles. The molecule has 1 aliphatic heterocycles. The number of carbonyl (C=O) groups excluding carboxylic acids is 1. The van der Waals surface area contributed by atoms with Gasteiger partial charge in [0.05, 0.1) is 24.1 Å². The van der Waals surface area contributed by atoms with Crippen LogP contribution in [0.4, 0.5) is 5.82 Å². The molecule has 1 amide bonds. The van der Waals surface area contributed by atoms with Crippen LogP contribution >= 0.6 is 11.6 Å². The topological polar surface area (TPSA) is 72.6 Å². The van der Waals surface area contributed by atoms with E-state index in [0.717, 1.165) is 5.56 Å². The molecule has 2 aromatic carbocycles. The standard InChI is InChI=1S/C24H17ClN2O4/c1-13-10-18-16(12-17(13)25)22(28)20-21(14-6-5-7-15(11-14)30-2)27(24(29)23(20)31-18)19-8-3-4-9-26-19/h3-12,21H,1-2H3. The lowest BCUT2D eigenvalue weighted by molar-refractivity contribution is 0.0970. The fourth-order valence-corrected chi connectivity index (χ4v) is 4.12. The molecule has 0 N–H and O–H groups in total. The predicted molar refractivity (Wildman–Crippen MR) is 118 cm³/mol. The van der Waals surface area contributed by atoms with E-state index in [2.05, 4.69) is 4.98 Å². The van der Waals surface area contributed by atoms with Crippen LogP contribution in [0.15, 0.2) is 70.0 Å². The highest BCUT2D eigenvalue weighted by molar-refractivity contribution is 6.32. The van der Waals surface area contributed by atoms with Crippen molar-refractivity contribution >= 4 is 34.3 Å². The summed E-state index contributed by atoms with van der Waals surface area (Å²) in [6.07, 6.45) is 1.60. The molecule has 0 saturated carbocycles. The summed E-state index contributed by atoms with van der Waals surface area (Å²) in [5, 5.41) is 0.793. The highest BCUT2D eigenvalue weighted by Crippen LogP contribution is 2.41. The largest absolute Gasteiger partial charge is 0.497 e. The van der Waals surface area contributed by atoms with Crippen LogP contribution in [-0.4, -0.2) is 18.0 Å². The van der Waals surface area contributed by atoms with E-state index in [0.29, 0.717) is 33.1 Å². The number of methoxy groups -OCH3 is 1. The van der Waals surface area contributed by atoms with Gasteiger partial charge in [-0.2, -0.15) is 0 Å². The molecule has 0 spiro atoms. The van der Waals surface area contributed by atoms with Crippen LogP contribution < -0.4 is 15.1 Å². The monoisotopic (exact) mass is 432 g/mol. The lowest BCUT2D eigenvalue weighted by Gasteiger charge is -2.24. The van der Waals surface area contributed by atoms with Gasteiger partial charge in [-0.15, -0.1) is 0 Å². The molecule has 0 fully saturated rings. The van der Waals surface area contributed by atoms with Crippen molar-refractivity contribution in [2.75, 3.05) is 12.0 Å². The number of anilines is 1. The molecule has 1 unspecified atom stereocenters. The minimum Gasteiger partial charge on any atom is -0.497 e. The Kier molecular flexibility index (Phi) is 4.52. The van der Waals surface area contributed by atoms with Gasteiger partial charge in [-0.05, 0) is 54.4 Å². The predicted octanol–water partition coefficient (Wildman–Crippen LogP) is 4.91. The zero-order chi connectivity index (χ0) is 21.7. The molecular formula is C24H17ClN2O4. The second-order valence-electron chi connectivity index (χ2n) is 7.31. The summed E-state index contributed by atoms with van der Waals surface area (Å²) >= 11 is 6.27. The van der Waals surface area contributed by atoms with Gasteiger partial charge >= 0.3 is 0 Å². The molecule has 1 atom stereocenters. The summed E-state index contributed by atoms with van der Waals surface area (Å²) in [4.78, 5) is 32.9. The van der Waals surface area contributed by atoms with Gasteiger partial charge in [-0.25, -0.2) is 4.98 Å². The SMILES string of the molecule is COc1cccc(C2c3c(oc4cc(C)c(Cl)cc4c3=O)C(=O)N2c2ccccn2)c1. The molecular weight excluding hydrogens is 416 g/mol. The number of rotatable bonds is 3. The Morgan fingerprint density at radius 3 is 2.68 bits per heavy atom. The fourth-order valence-electron chi connectivity index (χ4n) is 3.95. The van der Waals surface area contributed by atoms with Gasteiger partial charge in [0.2, 0.25) is 5.76 Å². The number of aryl methyl sites for hydroxylation is 1. The smallest absolute Gasteiger partial charge is 0.296 e. The number of benzene rings is 2. The summed E-state index contributed by atoms with van der Waals surface area (Å²) in [5.41, 5.74) is 1.76. The molecule has 6 nitrogen and oxygen atoms in total. The van der Waals surface area contributed by atoms with Crippen LogP contribution in [0.2, 0.25) is 5.02 Å². The van der Waals surface area contributed by atoms with E-state index >= 15 is 0 Å². The van der Waals surface area contributed by atoms with Crippen molar-refractivity contribution < 1.29 is 13.9 Å². The maximum atomic E-state index is 13.6. The van der Waals surface area contributed by atoms with Crippen LogP contribution in [-0.2, 0) is 0 Å². The maximum Gasteiger partial charge on any atom is 0.296 e. The van der Waals surface area contributed by atoms with Gasteiger partial charge in [0, 0.05) is 11.2 Å². The van der Waals surface area contributed by atoms with Gasteiger partial charge in [0.1, 0.15) is 17.2 Å². The van der Waals surface area contributed by atoms with E-state index in [-0.39, 0.29) is 16.8 Å². The Morgan fingerprint density at radius 1 is 1.10 bits per heavy atom. The van der Waals surface area contributed by atoms with E-state index in [1.54, 1.807) is 55.8 Å². The number of amides is 1. The van der Waals surface area contributed by atoms with Gasteiger partial charge < -0.3 is 9.15 Å². The van der Waals surface area contributed by atoms with Crippen LogP contribution in [0.25, 0.3) is 11.0 Å². The van der Waals surface area contributed by atoms with Crippen LogP contribution in [0.3, 0.4) is 0 Å². The molecule has 3 heterocycles. The molecule has 0 aliphatic carbocycles. The number of halogens is 1. The van der Waals surface area contributed by atoms with Crippen molar-refractivity contribution in [1.82, 2.24) is 4.98 Å². The number of carbonyl (C=O) groups is 1. The van der Waals surface area contributed by atoms with E-state index in [4.69, 9.17) is 20.8 Å². The average molecular weight is 433 g/mol. The Hall–Kier alpha value is -3.64. The van der Waals surface area contributed by atoms with Crippen LogP contribution in [0.5, 0.6) is 5.75 Å². The molecule has 0 radical (unpaired) electrons. The summed E-state index contributed by atoms with van der Waals surface area (Å²) in [6, 6.07) is 15.1. The Labute approximate surface area is 182 Å². The van der Waals surface area contributed by atoms with Gasteiger partial charge in [0.15, 0.2) is 5.43 Å². The number of hydrogen-bond donors (Lipinski definition) is 0. The first kappa shape index (κ1) is 19.3. The molecule has 5 rings (SSSR count). The van der Waals surface area contributed by atoms with Gasteiger partial charge in [-0.3, -0.25) is 14.5 Å². The van der Waals surface area contributed by atoms with Crippen molar-refractivity contribution in [2.45, 2.75) is 13.0 Å². The number of aromatic nitrogens is 1. The summed E-state index contributed by atoms with van der Waals surface area (Å²) in [7, 11) is 1.57. The third-order valence-electron chi connectivity index (χ3n) is 5.46. The number of fused-ring (bicyclic) bond motifs is 2. The first-order valence-electron chi connectivity index (χ1n) is 9.65. The molecule has 4 aromatic rings. The molecule has 31 heavy (non-hydrogen) atoms. The second kappa shape index (κ2) is 7.25. The summed E-state index contributed by atoms with van der Waals surface area (Å²) in [5.74, 6) is 0.624. The zero-order valence-electron chi connectivity index (χ0n) is 16.8. The Morgan fingerprint density at radius 2 is 1.94 bits per heavy atom. The molecule has 2 aromatic heterocycles. The lowest BCUT2D eigenvalue weighted by atomic mass is 9.98. The quantitative estimate of drug-likeness (QED) is 0.460. The van der Waals surface area contributed by atoms with Gasteiger partial charge in [0.25, 0.3) is 5.91 Å². The third-order valence-corrected chi connectivity index (χ3v) is 5.86. The lowest BCUT2D eigenvalue weighted by Crippen LogP contribution is -2.30. The van der Waals surface area contributed by atoms with Crippen molar-refractivity contribution in [1.29, 1.82) is 0 Å². The van der Waals surface area contributed by atoms with Crippen LogP contribution in [0.1, 0.15) is 33.3 Å². The first-order chi connectivity index (χ1) is 15.0. The van der Waals surface area contributed by atoms with E-state index in [1.165, 1.54) is 4.90 Å². The third kappa shape index (κ3) is 2.99. The van der Waals surface area contributed by atoms with Crippen molar-refractivity contribution in [3.63, 3.8) is 0 Å². The molecule has 1 aliphatic rings. The highest BCUT2D eigenvalue weighted by Gasteiger charge is 2.44. The Bertz CT molecular complexity index is 1400. The number of nitrogens with zero attached hydrogens (tertiary/aromatic N) is 2. The van der Waals surface area contributed by atoms with Crippen LogP contribution in [0, 0.1) is 6.92 Å². The average Bonchev–Trinajstić information content (AvgIpc) is 3.08. The van der Waals surface area contributed by atoms with Crippen molar-refractivity contribution in [3.8, 4) is 5.75 Å². The number of pyridine rings is 1. The van der Waals surface area contributed by atoms with Crippen molar-refractivity contribution in [2.24, 2.45) is 0 Å².